The maximum Gasteiger partial charge on any atom is 0.312 e. The van der Waals surface area contributed by atoms with Crippen molar-refractivity contribution in [1.29, 1.82) is 0 Å². The Bertz CT molecular complexity index is 1120. The minimum absolute atomic E-state index is 0.135. The number of ether oxygens (including phenoxy) is 1. The van der Waals surface area contributed by atoms with Crippen LogP contribution in [0.5, 0.6) is 0 Å². The quantitative estimate of drug-likeness (QED) is 0.664. The lowest BCUT2D eigenvalue weighted by Crippen LogP contribution is -2.22. The fourth-order valence-electron chi connectivity index (χ4n) is 3.49. The molecule has 0 aliphatic heterocycles. The molecule has 142 valence electrons. The smallest absolute Gasteiger partial charge is 0.312 e. The molecular weight excluding hydrogens is 358 g/mol. The van der Waals surface area contributed by atoms with Crippen molar-refractivity contribution in [3.8, 4) is 0 Å². The zero-order valence-electron chi connectivity index (χ0n) is 15.2. The van der Waals surface area contributed by atoms with Gasteiger partial charge in [0, 0.05) is 11.1 Å². The molecule has 0 saturated carbocycles. The standard InChI is InChI=1S/C21H19N3O4/c25-19(22-15-9-8-13-4-3-5-14(13)10-15)12-28-20(26)11-18-16-6-1-2-7-17(16)21(27)24-23-18/h1-2,6-10H,3-5,11-12H2,(H,22,25)(H,24,27). The van der Waals surface area contributed by atoms with Gasteiger partial charge in [-0.05, 0) is 48.6 Å². The average Bonchev–Trinajstić information content (AvgIpc) is 3.17. The van der Waals surface area contributed by atoms with Crippen LogP contribution in [0, 0.1) is 0 Å². The summed E-state index contributed by atoms with van der Waals surface area (Å²) in [4.78, 5) is 36.0. The molecule has 2 aromatic carbocycles. The number of rotatable bonds is 5. The van der Waals surface area contributed by atoms with Gasteiger partial charge in [0.25, 0.3) is 11.5 Å². The number of hydrogen-bond donors (Lipinski definition) is 2. The molecule has 1 aromatic heterocycles. The molecule has 1 heterocycles. The Morgan fingerprint density at radius 2 is 1.86 bits per heavy atom. The minimum atomic E-state index is -0.589. The maximum atomic E-state index is 12.1. The van der Waals surface area contributed by atoms with E-state index in [2.05, 4.69) is 15.5 Å². The highest BCUT2D eigenvalue weighted by Gasteiger charge is 2.15. The van der Waals surface area contributed by atoms with E-state index in [0.29, 0.717) is 22.2 Å². The number of benzene rings is 2. The number of aromatic nitrogens is 2. The molecule has 4 rings (SSSR count). The number of aryl methyl sites for hydroxylation is 2. The van der Waals surface area contributed by atoms with Crippen molar-refractivity contribution in [2.75, 3.05) is 11.9 Å². The van der Waals surface area contributed by atoms with Gasteiger partial charge < -0.3 is 10.1 Å². The van der Waals surface area contributed by atoms with Crippen molar-refractivity contribution in [2.45, 2.75) is 25.7 Å². The van der Waals surface area contributed by atoms with Crippen LogP contribution in [0.15, 0.2) is 47.3 Å². The topological polar surface area (TPSA) is 101 Å². The second kappa shape index (κ2) is 7.64. The van der Waals surface area contributed by atoms with Crippen molar-refractivity contribution in [3.63, 3.8) is 0 Å². The van der Waals surface area contributed by atoms with E-state index in [4.69, 9.17) is 4.74 Å². The zero-order valence-corrected chi connectivity index (χ0v) is 15.2. The molecule has 0 unspecified atom stereocenters. The Morgan fingerprint density at radius 1 is 1.07 bits per heavy atom. The predicted molar refractivity (Wildman–Crippen MR) is 104 cm³/mol. The highest BCUT2D eigenvalue weighted by molar-refractivity contribution is 5.93. The van der Waals surface area contributed by atoms with Crippen LogP contribution >= 0.6 is 0 Å². The molecule has 3 aromatic rings. The number of amides is 1. The number of anilines is 1. The number of carbonyl (C=O) groups is 2. The Hall–Kier alpha value is -3.48. The highest BCUT2D eigenvalue weighted by atomic mass is 16.5. The van der Waals surface area contributed by atoms with E-state index in [9.17, 15) is 14.4 Å². The van der Waals surface area contributed by atoms with E-state index < -0.39 is 11.9 Å². The van der Waals surface area contributed by atoms with Gasteiger partial charge in [0.2, 0.25) is 0 Å². The van der Waals surface area contributed by atoms with Crippen molar-refractivity contribution < 1.29 is 14.3 Å². The van der Waals surface area contributed by atoms with E-state index in [1.165, 1.54) is 11.1 Å². The lowest BCUT2D eigenvalue weighted by Gasteiger charge is -2.09. The summed E-state index contributed by atoms with van der Waals surface area (Å²) < 4.78 is 5.07. The molecule has 0 spiro atoms. The number of carbonyl (C=O) groups excluding carboxylic acids is 2. The van der Waals surface area contributed by atoms with Crippen LogP contribution in [0.3, 0.4) is 0 Å². The summed E-state index contributed by atoms with van der Waals surface area (Å²) >= 11 is 0. The molecule has 1 aliphatic carbocycles. The number of nitrogens with zero attached hydrogens (tertiary/aromatic N) is 1. The first kappa shape index (κ1) is 17.9. The van der Waals surface area contributed by atoms with Gasteiger partial charge in [0.1, 0.15) is 0 Å². The van der Waals surface area contributed by atoms with Gasteiger partial charge in [-0.3, -0.25) is 14.4 Å². The Labute approximate surface area is 160 Å². The predicted octanol–water partition coefficient (Wildman–Crippen LogP) is 2.14. The van der Waals surface area contributed by atoms with Gasteiger partial charge >= 0.3 is 5.97 Å². The van der Waals surface area contributed by atoms with Crippen molar-refractivity contribution in [1.82, 2.24) is 10.2 Å². The molecule has 7 heteroatoms. The Balaban J connectivity index is 1.35. The number of aromatic amines is 1. The molecule has 0 saturated heterocycles. The summed E-state index contributed by atoms with van der Waals surface area (Å²) in [7, 11) is 0. The minimum Gasteiger partial charge on any atom is -0.455 e. The van der Waals surface area contributed by atoms with Crippen LogP contribution in [0.4, 0.5) is 5.69 Å². The maximum absolute atomic E-state index is 12.1. The normalized spacial score (nSPS) is 12.6. The van der Waals surface area contributed by atoms with Crippen LogP contribution in [-0.2, 0) is 33.6 Å². The van der Waals surface area contributed by atoms with Gasteiger partial charge in [-0.2, -0.15) is 5.10 Å². The third-order valence-electron chi connectivity index (χ3n) is 4.83. The molecule has 0 fully saturated rings. The first-order valence-electron chi connectivity index (χ1n) is 9.14. The van der Waals surface area contributed by atoms with E-state index >= 15 is 0 Å². The second-order valence-electron chi connectivity index (χ2n) is 6.77. The van der Waals surface area contributed by atoms with Gasteiger partial charge in [-0.1, -0.05) is 24.3 Å². The van der Waals surface area contributed by atoms with Gasteiger partial charge in [0.15, 0.2) is 6.61 Å². The first-order valence-corrected chi connectivity index (χ1v) is 9.14. The highest BCUT2D eigenvalue weighted by Crippen LogP contribution is 2.24. The van der Waals surface area contributed by atoms with Crippen LogP contribution in [0.1, 0.15) is 23.2 Å². The van der Waals surface area contributed by atoms with Crippen molar-refractivity contribution in [3.05, 3.63) is 69.6 Å². The third-order valence-corrected chi connectivity index (χ3v) is 4.83. The molecule has 28 heavy (non-hydrogen) atoms. The SMILES string of the molecule is O=C(COC(=O)Cc1n[nH]c(=O)c2ccccc12)Nc1ccc2c(c1)CCC2. The number of nitrogens with one attached hydrogen (secondary N) is 2. The molecule has 1 amide bonds. The number of H-pyrrole nitrogens is 1. The molecule has 7 nitrogen and oxygen atoms in total. The summed E-state index contributed by atoms with van der Waals surface area (Å²) in [6.07, 6.45) is 3.10. The zero-order chi connectivity index (χ0) is 19.5. The summed E-state index contributed by atoms with van der Waals surface area (Å²) in [6.45, 7) is -0.378. The Kier molecular flexibility index (Phi) is 4.89. The van der Waals surface area contributed by atoms with E-state index in [1.807, 2.05) is 18.2 Å². The van der Waals surface area contributed by atoms with Crippen LogP contribution in [-0.4, -0.2) is 28.7 Å². The Morgan fingerprint density at radius 3 is 2.71 bits per heavy atom. The molecule has 0 atom stereocenters. The second-order valence-corrected chi connectivity index (χ2v) is 6.77. The monoisotopic (exact) mass is 377 g/mol. The largest absolute Gasteiger partial charge is 0.455 e. The summed E-state index contributed by atoms with van der Waals surface area (Å²) in [5.74, 6) is -0.987. The van der Waals surface area contributed by atoms with E-state index in [0.717, 1.165) is 19.3 Å². The third kappa shape index (κ3) is 3.78. The summed E-state index contributed by atoms with van der Waals surface area (Å²) in [6, 6.07) is 12.7. The van der Waals surface area contributed by atoms with Gasteiger partial charge in [-0.15, -0.1) is 0 Å². The van der Waals surface area contributed by atoms with Crippen molar-refractivity contribution >= 4 is 28.3 Å². The van der Waals surface area contributed by atoms with Crippen LogP contribution in [0.25, 0.3) is 10.8 Å². The van der Waals surface area contributed by atoms with Crippen molar-refractivity contribution in [2.24, 2.45) is 0 Å². The van der Waals surface area contributed by atoms with E-state index in [-0.39, 0.29) is 18.6 Å². The molecule has 1 aliphatic rings. The fraction of sp³-hybridized carbons (Fsp3) is 0.238. The molecule has 2 N–H and O–H groups in total. The number of esters is 1. The van der Waals surface area contributed by atoms with Crippen LogP contribution in [0.2, 0.25) is 0 Å². The lowest BCUT2D eigenvalue weighted by molar-refractivity contribution is -0.146. The van der Waals surface area contributed by atoms with Gasteiger partial charge in [0.05, 0.1) is 17.5 Å². The number of hydrogen-bond acceptors (Lipinski definition) is 5. The molecule has 0 bridgehead atoms. The fourth-order valence-corrected chi connectivity index (χ4v) is 3.49. The lowest BCUT2D eigenvalue weighted by atomic mass is 10.1. The average molecular weight is 377 g/mol. The molecule has 0 radical (unpaired) electrons. The van der Waals surface area contributed by atoms with Gasteiger partial charge in [-0.25, -0.2) is 5.10 Å². The molecular formula is C21H19N3O4. The van der Waals surface area contributed by atoms with E-state index in [1.54, 1.807) is 24.3 Å². The van der Waals surface area contributed by atoms with Crippen LogP contribution < -0.4 is 10.9 Å². The first-order chi connectivity index (χ1) is 13.6. The summed E-state index contributed by atoms with van der Waals surface area (Å²) in [5, 5.41) is 10.1. The summed E-state index contributed by atoms with van der Waals surface area (Å²) in [5.41, 5.74) is 3.37. The number of fused-ring (bicyclic) bond motifs is 2.